The molecule has 0 unspecified atom stereocenters. The van der Waals surface area contributed by atoms with Crippen molar-refractivity contribution in [1.29, 1.82) is 0 Å². The molecule has 1 aliphatic rings. The van der Waals surface area contributed by atoms with Gasteiger partial charge in [0, 0.05) is 39.7 Å². The Balaban J connectivity index is 2.42. The van der Waals surface area contributed by atoms with E-state index in [2.05, 4.69) is 5.32 Å². The molecule has 1 saturated heterocycles. The highest BCUT2D eigenvalue weighted by molar-refractivity contribution is 4.84. The maximum atomic E-state index is 5.48. The van der Waals surface area contributed by atoms with E-state index in [-0.39, 0.29) is 5.60 Å². The smallest absolute Gasteiger partial charge is 0.0846 e. The zero-order valence-corrected chi connectivity index (χ0v) is 7.35. The summed E-state index contributed by atoms with van der Waals surface area (Å²) < 4.78 is 10.7. The molecule has 11 heavy (non-hydrogen) atoms. The van der Waals surface area contributed by atoms with Crippen LogP contribution in [0.15, 0.2) is 0 Å². The number of likely N-dealkylation sites (N-methyl/N-ethyl adjacent to an activating group) is 1. The predicted molar refractivity (Wildman–Crippen MR) is 43.7 cm³/mol. The molecule has 0 radical (unpaired) electrons. The molecule has 3 heteroatoms. The second-order valence-electron chi connectivity index (χ2n) is 3.03. The van der Waals surface area contributed by atoms with Crippen molar-refractivity contribution in [3.63, 3.8) is 0 Å². The fraction of sp³-hybridized carbons (Fsp3) is 1.00. The highest BCUT2D eigenvalue weighted by Gasteiger charge is 2.31. The molecular formula is C8H17NO2. The predicted octanol–water partition coefficient (Wildman–Crippen LogP) is 0.401. The molecule has 1 rings (SSSR count). The summed E-state index contributed by atoms with van der Waals surface area (Å²) in [6, 6.07) is 0. The Hall–Kier alpha value is -0.120. The Morgan fingerprint density at radius 2 is 2.09 bits per heavy atom. The van der Waals surface area contributed by atoms with Gasteiger partial charge in [-0.3, -0.25) is 0 Å². The van der Waals surface area contributed by atoms with Crippen LogP contribution in [0.3, 0.4) is 0 Å². The Morgan fingerprint density at radius 3 is 2.55 bits per heavy atom. The number of ether oxygens (including phenoxy) is 2. The van der Waals surface area contributed by atoms with Crippen LogP contribution in [0.5, 0.6) is 0 Å². The first kappa shape index (κ1) is 8.97. The number of hydrogen-bond donors (Lipinski definition) is 1. The first-order chi connectivity index (χ1) is 5.33. The van der Waals surface area contributed by atoms with Gasteiger partial charge in [-0.1, -0.05) is 0 Å². The van der Waals surface area contributed by atoms with Gasteiger partial charge in [0.2, 0.25) is 0 Å². The minimum atomic E-state index is 0.0347. The third-order valence-electron chi connectivity index (χ3n) is 2.34. The molecule has 1 heterocycles. The molecule has 0 aromatic heterocycles. The second-order valence-corrected chi connectivity index (χ2v) is 3.03. The molecule has 0 amide bonds. The van der Waals surface area contributed by atoms with Crippen molar-refractivity contribution in [2.45, 2.75) is 18.4 Å². The average Bonchev–Trinajstić information content (AvgIpc) is 2.07. The first-order valence-electron chi connectivity index (χ1n) is 4.10. The van der Waals surface area contributed by atoms with E-state index < -0.39 is 0 Å². The van der Waals surface area contributed by atoms with E-state index >= 15 is 0 Å². The van der Waals surface area contributed by atoms with Gasteiger partial charge in [-0.05, 0) is 7.05 Å². The van der Waals surface area contributed by atoms with Crippen molar-refractivity contribution in [2.24, 2.45) is 0 Å². The molecule has 0 spiro atoms. The Labute approximate surface area is 68.1 Å². The van der Waals surface area contributed by atoms with Gasteiger partial charge in [0.05, 0.1) is 5.60 Å². The summed E-state index contributed by atoms with van der Waals surface area (Å²) in [6.07, 6.45) is 2.01. The molecule has 66 valence electrons. The SMILES string of the molecule is CNCC1(OC)CCOCC1. The van der Waals surface area contributed by atoms with Crippen molar-refractivity contribution in [1.82, 2.24) is 5.32 Å². The molecule has 1 fully saturated rings. The summed E-state index contributed by atoms with van der Waals surface area (Å²) in [4.78, 5) is 0. The lowest BCUT2D eigenvalue weighted by Gasteiger charge is -2.35. The van der Waals surface area contributed by atoms with Crippen molar-refractivity contribution < 1.29 is 9.47 Å². The first-order valence-corrected chi connectivity index (χ1v) is 4.10. The van der Waals surface area contributed by atoms with Crippen LogP contribution in [0.4, 0.5) is 0 Å². The molecule has 0 atom stereocenters. The molecule has 0 bridgehead atoms. The lowest BCUT2D eigenvalue weighted by Crippen LogP contribution is -2.45. The lowest BCUT2D eigenvalue weighted by atomic mass is 9.94. The fourth-order valence-corrected chi connectivity index (χ4v) is 1.52. The molecule has 0 aromatic carbocycles. The molecule has 3 nitrogen and oxygen atoms in total. The summed E-state index contributed by atoms with van der Waals surface area (Å²) in [6.45, 7) is 2.58. The van der Waals surface area contributed by atoms with E-state index in [0.717, 1.165) is 32.6 Å². The average molecular weight is 159 g/mol. The maximum absolute atomic E-state index is 5.48. The van der Waals surface area contributed by atoms with Crippen LogP contribution in [0, 0.1) is 0 Å². The van der Waals surface area contributed by atoms with Gasteiger partial charge >= 0.3 is 0 Å². The minimum absolute atomic E-state index is 0.0347. The summed E-state index contributed by atoms with van der Waals surface area (Å²) in [5, 5.41) is 3.15. The third-order valence-corrected chi connectivity index (χ3v) is 2.34. The van der Waals surface area contributed by atoms with Gasteiger partial charge in [0.15, 0.2) is 0 Å². The Morgan fingerprint density at radius 1 is 1.45 bits per heavy atom. The van der Waals surface area contributed by atoms with Crippen molar-refractivity contribution in [3.05, 3.63) is 0 Å². The molecule has 1 aliphatic heterocycles. The zero-order valence-electron chi connectivity index (χ0n) is 7.35. The van der Waals surface area contributed by atoms with E-state index in [1.54, 1.807) is 7.11 Å². The fourth-order valence-electron chi connectivity index (χ4n) is 1.52. The van der Waals surface area contributed by atoms with Gasteiger partial charge in [-0.2, -0.15) is 0 Å². The highest BCUT2D eigenvalue weighted by Crippen LogP contribution is 2.23. The summed E-state index contributed by atoms with van der Waals surface area (Å²) in [5.74, 6) is 0. The molecule has 0 aliphatic carbocycles. The van der Waals surface area contributed by atoms with Crippen LogP contribution in [0.2, 0.25) is 0 Å². The molecule has 1 N–H and O–H groups in total. The third kappa shape index (κ3) is 2.15. The topological polar surface area (TPSA) is 30.5 Å². The lowest BCUT2D eigenvalue weighted by molar-refractivity contribution is -0.0867. The highest BCUT2D eigenvalue weighted by atomic mass is 16.5. The van der Waals surface area contributed by atoms with E-state index in [4.69, 9.17) is 9.47 Å². The van der Waals surface area contributed by atoms with E-state index in [0.29, 0.717) is 0 Å². The van der Waals surface area contributed by atoms with Crippen LogP contribution in [-0.2, 0) is 9.47 Å². The van der Waals surface area contributed by atoms with Crippen LogP contribution >= 0.6 is 0 Å². The maximum Gasteiger partial charge on any atom is 0.0846 e. The van der Waals surface area contributed by atoms with E-state index in [1.807, 2.05) is 7.05 Å². The van der Waals surface area contributed by atoms with Crippen LogP contribution in [0.1, 0.15) is 12.8 Å². The van der Waals surface area contributed by atoms with E-state index in [1.165, 1.54) is 0 Å². The van der Waals surface area contributed by atoms with Gasteiger partial charge in [0.1, 0.15) is 0 Å². The Bertz CT molecular complexity index is 105. The van der Waals surface area contributed by atoms with Crippen molar-refractivity contribution >= 4 is 0 Å². The van der Waals surface area contributed by atoms with Gasteiger partial charge in [-0.15, -0.1) is 0 Å². The van der Waals surface area contributed by atoms with Crippen LogP contribution in [0.25, 0.3) is 0 Å². The second kappa shape index (κ2) is 4.04. The summed E-state index contributed by atoms with van der Waals surface area (Å²) in [5.41, 5.74) is 0.0347. The summed E-state index contributed by atoms with van der Waals surface area (Å²) >= 11 is 0. The minimum Gasteiger partial charge on any atom is -0.381 e. The van der Waals surface area contributed by atoms with Gasteiger partial charge in [0.25, 0.3) is 0 Å². The van der Waals surface area contributed by atoms with Gasteiger partial charge < -0.3 is 14.8 Å². The van der Waals surface area contributed by atoms with Crippen molar-refractivity contribution in [2.75, 3.05) is 33.9 Å². The zero-order chi connectivity index (χ0) is 8.16. The number of hydrogen-bond acceptors (Lipinski definition) is 3. The van der Waals surface area contributed by atoms with Crippen LogP contribution in [-0.4, -0.2) is 39.5 Å². The van der Waals surface area contributed by atoms with Gasteiger partial charge in [-0.25, -0.2) is 0 Å². The van der Waals surface area contributed by atoms with Crippen molar-refractivity contribution in [3.8, 4) is 0 Å². The molecular weight excluding hydrogens is 142 g/mol. The molecule has 0 saturated carbocycles. The monoisotopic (exact) mass is 159 g/mol. The number of nitrogens with one attached hydrogen (secondary N) is 1. The standard InChI is InChI=1S/C8H17NO2/c1-9-7-8(10-2)3-5-11-6-4-8/h9H,3-7H2,1-2H3. The van der Waals surface area contributed by atoms with Crippen LogP contribution < -0.4 is 5.32 Å². The number of rotatable bonds is 3. The molecule has 0 aromatic rings. The normalized spacial score (nSPS) is 23.5. The quantitative estimate of drug-likeness (QED) is 0.646. The Kier molecular flexibility index (Phi) is 3.30. The van der Waals surface area contributed by atoms with E-state index in [9.17, 15) is 0 Å². The largest absolute Gasteiger partial charge is 0.381 e. The number of methoxy groups -OCH3 is 1. The summed E-state index contributed by atoms with van der Waals surface area (Å²) in [7, 11) is 3.74.